The van der Waals surface area contributed by atoms with Crippen molar-refractivity contribution in [2.45, 2.75) is 25.7 Å². The molecule has 0 aromatic carbocycles. The van der Waals surface area contributed by atoms with Crippen LogP contribution < -0.4 is 5.09 Å². The van der Waals surface area contributed by atoms with Crippen molar-refractivity contribution >= 4 is 15.6 Å². The lowest BCUT2D eigenvalue weighted by Gasteiger charge is -2.06. The van der Waals surface area contributed by atoms with E-state index in [1.165, 1.54) is 0 Å². The summed E-state index contributed by atoms with van der Waals surface area (Å²) in [6.07, 6.45) is 2.47. The van der Waals surface area contributed by atoms with E-state index >= 15 is 0 Å². The number of nitrogens with one attached hydrogen (secondary N) is 1. The predicted octanol–water partition coefficient (Wildman–Crippen LogP) is 0.338. The fourth-order valence-electron chi connectivity index (χ4n) is 0.989. The van der Waals surface area contributed by atoms with Gasteiger partial charge in [-0.2, -0.15) is 0 Å². The quantitative estimate of drug-likeness (QED) is 0.300. The average Bonchev–Trinajstić information content (AvgIpc) is 2.06. The number of hydrogen-bond donors (Lipinski definition) is 5. The van der Waals surface area contributed by atoms with Gasteiger partial charge in [-0.1, -0.05) is 12.8 Å². The Bertz CT molecular complexity index is 244. The molecule has 0 amide bonds. The molecule has 16 heavy (non-hydrogen) atoms. The first-order valence-electron chi connectivity index (χ1n) is 4.71. The van der Waals surface area contributed by atoms with Crippen molar-refractivity contribution < 1.29 is 33.2 Å². The molecule has 0 aliphatic rings. The van der Waals surface area contributed by atoms with Gasteiger partial charge < -0.3 is 19.6 Å². The second kappa shape index (κ2) is 7.53. The van der Waals surface area contributed by atoms with Crippen molar-refractivity contribution in [3.63, 3.8) is 0 Å². The number of phosphoric ester groups is 1. The maximum atomic E-state index is 10.4. The normalized spacial score (nSPS) is 13.0. The summed E-state index contributed by atoms with van der Waals surface area (Å²) in [4.78, 5) is 33.6. The van der Waals surface area contributed by atoms with Gasteiger partial charge in [-0.05, 0) is 12.8 Å². The zero-order valence-electron chi connectivity index (χ0n) is 8.65. The molecule has 98 valence electrons. The van der Waals surface area contributed by atoms with E-state index in [9.17, 15) is 9.13 Å². The molecule has 0 aromatic rings. The molecule has 0 atom stereocenters. The third-order valence-corrected chi connectivity index (χ3v) is 2.80. The van der Waals surface area contributed by atoms with E-state index < -0.39 is 15.6 Å². The fraction of sp³-hybridized carbons (Fsp3) is 1.00. The summed E-state index contributed by atoms with van der Waals surface area (Å²) in [6.45, 7) is 0.194. The van der Waals surface area contributed by atoms with Crippen LogP contribution in [0.3, 0.4) is 0 Å². The maximum absolute atomic E-state index is 10.4. The van der Waals surface area contributed by atoms with E-state index in [1.54, 1.807) is 0 Å². The number of phosphoric acid groups is 1. The summed E-state index contributed by atoms with van der Waals surface area (Å²) in [5.41, 5.74) is 0. The maximum Gasteiger partial charge on any atom is 0.469 e. The molecule has 5 N–H and O–H groups in total. The lowest BCUT2D eigenvalue weighted by atomic mass is 10.2. The summed E-state index contributed by atoms with van der Waals surface area (Å²) in [6, 6.07) is 0. The summed E-state index contributed by atoms with van der Waals surface area (Å²) < 4.78 is 24.8. The summed E-state index contributed by atoms with van der Waals surface area (Å²) in [7, 11) is -8.49. The SMILES string of the molecule is O=P(O)(O)NCCCCCCOP(=O)(O)O. The van der Waals surface area contributed by atoms with Crippen LogP contribution in [0, 0.1) is 0 Å². The molecule has 0 aromatic heterocycles. The van der Waals surface area contributed by atoms with E-state index in [0.29, 0.717) is 25.7 Å². The molecule has 8 nitrogen and oxygen atoms in total. The standard InChI is InChI=1S/C6H17NO7P2/c8-15(9,10)7-5-3-1-2-4-6-14-16(11,12)13/h1-6H2,(H2,11,12,13)(H3,7,8,9,10). The average molecular weight is 277 g/mol. The zero-order chi connectivity index (χ0) is 12.7. The van der Waals surface area contributed by atoms with E-state index in [4.69, 9.17) is 19.6 Å². The van der Waals surface area contributed by atoms with Crippen LogP contribution >= 0.6 is 15.6 Å². The van der Waals surface area contributed by atoms with Crippen LogP contribution in [0.5, 0.6) is 0 Å². The van der Waals surface area contributed by atoms with Crippen LogP contribution in [0.15, 0.2) is 0 Å². The van der Waals surface area contributed by atoms with E-state index in [1.807, 2.05) is 5.09 Å². The third-order valence-electron chi connectivity index (χ3n) is 1.65. The number of hydrogen-bond acceptors (Lipinski definition) is 3. The molecule has 10 heteroatoms. The first kappa shape index (κ1) is 16.2. The molecular weight excluding hydrogens is 260 g/mol. The van der Waals surface area contributed by atoms with Gasteiger partial charge in [-0.25, -0.2) is 14.2 Å². The molecule has 0 spiro atoms. The molecule has 0 aliphatic heterocycles. The van der Waals surface area contributed by atoms with Gasteiger partial charge in [0.15, 0.2) is 0 Å². The first-order chi connectivity index (χ1) is 7.21. The zero-order valence-corrected chi connectivity index (χ0v) is 10.4. The Kier molecular flexibility index (Phi) is 7.63. The highest BCUT2D eigenvalue weighted by Gasteiger charge is 2.12. The molecule has 0 aliphatic carbocycles. The van der Waals surface area contributed by atoms with Gasteiger partial charge in [0.2, 0.25) is 0 Å². The third kappa shape index (κ3) is 14.2. The van der Waals surface area contributed by atoms with Crippen molar-refractivity contribution in [1.29, 1.82) is 0 Å². The molecule has 0 unspecified atom stereocenters. The van der Waals surface area contributed by atoms with E-state index in [-0.39, 0.29) is 13.2 Å². The molecule has 0 radical (unpaired) electrons. The van der Waals surface area contributed by atoms with Crippen LogP contribution in [-0.2, 0) is 13.7 Å². The second-order valence-corrected chi connectivity index (χ2v) is 5.83. The predicted molar refractivity (Wildman–Crippen MR) is 56.5 cm³/mol. The van der Waals surface area contributed by atoms with Crippen molar-refractivity contribution in [3.8, 4) is 0 Å². The van der Waals surface area contributed by atoms with E-state index in [0.717, 1.165) is 0 Å². The minimum atomic E-state index is -4.36. The smallest absolute Gasteiger partial charge is 0.313 e. The van der Waals surface area contributed by atoms with Gasteiger partial charge in [0, 0.05) is 6.54 Å². The lowest BCUT2D eigenvalue weighted by Crippen LogP contribution is -2.10. The van der Waals surface area contributed by atoms with Gasteiger partial charge in [-0.3, -0.25) is 4.52 Å². The molecule has 0 fully saturated rings. The van der Waals surface area contributed by atoms with Crippen molar-refractivity contribution in [3.05, 3.63) is 0 Å². The summed E-state index contributed by atoms with van der Waals surface area (Å²) in [5.74, 6) is 0. The number of unbranched alkanes of at least 4 members (excludes halogenated alkanes) is 3. The molecular formula is C6H17NO7P2. The highest BCUT2D eigenvalue weighted by molar-refractivity contribution is 7.49. The molecule has 0 saturated heterocycles. The Hall–Kier alpha value is 0.220. The summed E-state index contributed by atoms with van der Waals surface area (Å²) >= 11 is 0. The van der Waals surface area contributed by atoms with Crippen LogP contribution in [0.2, 0.25) is 0 Å². The Labute approximate surface area is 93.5 Å². The Balaban J connectivity index is 3.23. The van der Waals surface area contributed by atoms with Gasteiger partial charge in [0.05, 0.1) is 6.61 Å². The largest absolute Gasteiger partial charge is 0.469 e. The molecule has 0 rings (SSSR count). The van der Waals surface area contributed by atoms with Gasteiger partial charge in [0.25, 0.3) is 0 Å². The molecule has 0 bridgehead atoms. The number of rotatable bonds is 9. The highest BCUT2D eigenvalue weighted by atomic mass is 31.2. The molecule has 0 heterocycles. The fourth-order valence-corrected chi connectivity index (χ4v) is 1.81. The van der Waals surface area contributed by atoms with Gasteiger partial charge in [-0.15, -0.1) is 0 Å². The van der Waals surface area contributed by atoms with Crippen LogP contribution in [-0.4, -0.2) is 32.7 Å². The Morgan fingerprint density at radius 3 is 2.00 bits per heavy atom. The summed E-state index contributed by atoms with van der Waals surface area (Å²) in [5, 5.41) is 2.05. The van der Waals surface area contributed by atoms with Crippen molar-refractivity contribution in [2.75, 3.05) is 13.2 Å². The van der Waals surface area contributed by atoms with Crippen LogP contribution in [0.1, 0.15) is 25.7 Å². The van der Waals surface area contributed by atoms with Crippen molar-refractivity contribution in [2.24, 2.45) is 0 Å². The Morgan fingerprint density at radius 1 is 0.938 bits per heavy atom. The van der Waals surface area contributed by atoms with Gasteiger partial charge >= 0.3 is 15.6 Å². The second-order valence-electron chi connectivity index (χ2n) is 3.19. The Morgan fingerprint density at radius 2 is 1.50 bits per heavy atom. The van der Waals surface area contributed by atoms with Gasteiger partial charge in [0.1, 0.15) is 0 Å². The highest BCUT2D eigenvalue weighted by Crippen LogP contribution is 2.35. The first-order valence-corrected chi connectivity index (χ1v) is 7.86. The minimum absolute atomic E-state index is 0.0177. The lowest BCUT2D eigenvalue weighted by molar-refractivity contribution is 0.193. The van der Waals surface area contributed by atoms with Crippen molar-refractivity contribution in [1.82, 2.24) is 5.09 Å². The van der Waals surface area contributed by atoms with E-state index in [2.05, 4.69) is 4.52 Å². The minimum Gasteiger partial charge on any atom is -0.313 e. The van der Waals surface area contributed by atoms with Crippen LogP contribution in [0.4, 0.5) is 0 Å². The van der Waals surface area contributed by atoms with Crippen LogP contribution in [0.25, 0.3) is 0 Å². The monoisotopic (exact) mass is 277 g/mol. The topological polar surface area (TPSA) is 136 Å². The molecule has 0 saturated carbocycles.